The van der Waals surface area contributed by atoms with E-state index in [-0.39, 0.29) is 23.7 Å². The molecule has 0 bridgehead atoms. The van der Waals surface area contributed by atoms with E-state index in [0.29, 0.717) is 5.76 Å². The predicted molar refractivity (Wildman–Crippen MR) is 107 cm³/mol. The van der Waals surface area contributed by atoms with Crippen LogP contribution in [0, 0.1) is 5.41 Å². The van der Waals surface area contributed by atoms with Crippen molar-refractivity contribution in [2.75, 3.05) is 18.0 Å². The third-order valence-electron chi connectivity index (χ3n) is 6.02. The van der Waals surface area contributed by atoms with Crippen molar-refractivity contribution in [3.63, 3.8) is 0 Å². The SMILES string of the molecule is NC(=O)c1cc(CN(C(=O)O)C2CC3(CCN(c4ccc(Br)cn4)CC3)C2)on1. The minimum atomic E-state index is -1.00. The van der Waals surface area contributed by atoms with Crippen molar-refractivity contribution < 1.29 is 19.2 Å². The Morgan fingerprint density at radius 2 is 2.07 bits per heavy atom. The van der Waals surface area contributed by atoms with Gasteiger partial charge in [0, 0.05) is 35.9 Å². The molecule has 0 unspecified atom stereocenters. The highest BCUT2D eigenvalue weighted by atomic mass is 79.9. The molecule has 0 aromatic carbocycles. The highest BCUT2D eigenvalue weighted by Crippen LogP contribution is 2.51. The van der Waals surface area contributed by atoms with E-state index in [2.05, 4.69) is 31.0 Å². The van der Waals surface area contributed by atoms with E-state index in [1.165, 1.54) is 11.0 Å². The van der Waals surface area contributed by atoms with Crippen LogP contribution in [0.2, 0.25) is 0 Å². The molecule has 10 heteroatoms. The molecule has 2 amide bonds. The highest BCUT2D eigenvalue weighted by molar-refractivity contribution is 9.10. The fraction of sp³-hybridized carbons (Fsp3) is 0.474. The number of halogens is 1. The van der Waals surface area contributed by atoms with Crippen LogP contribution >= 0.6 is 15.9 Å². The number of pyridine rings is 1. The van der Waals surface area contributed by atoms with Crippen LogP contribution in [-0.2, 0) is 6.54 Å². The van der Waals surface area contributed by atoms with E-state index in [0.717, 1.165) is 49.1 Å². The van der Waals surface area contributed by atoms with Gasteiger partial charge < -0.3 is 20.3 Å². The smallest absolute Gasteiger partial charge is 0.407 e. The van der Waals surface area contributed by atoms with Crippen LogP contribution in [0.25, 0.3) is 0 Å². The van der Waals surface area contributed by atoms with E-state index < -0.39 is 12.0 Å². The van der Waals surface area contributed by atoms with Gasteiger partial charge in [-0.25, -0.2) is 9.78 Å². The number of anilines is 1. The zero-order valence-corrected chi connectivity index (χ0v) is 17.3. The van der Waals surface area contributed by atoms with Gasteiger partial charge >= 0.3 is 6.09 Å². The predicted octanol–water partition coefficient (Wildman–Crippen LogP) is 2.86. The van der Waals surface area contributed by atoms with E-state index in [1.807, 2.05) is 12.1 Å². The molecule has 2 aromatic rings. The fourth-order valence-electron chi connectivity index (χ4n) is 4.36. The van der Waals surface area contributed by atoms with Gasteiger partial charge in [-0.15, -0.1) is 0 Å². The number of carboxylic acid groups (broad SMARTS) is 1. The van der Waals surface area contributed by atoms with Crippen molar-refractivity contribution in [3.05, 3.63) is 40.3 Å². The normalized spacial score (nSPS) is 18.4. The Morgan fingerprint density at radius 1 is 1.34 bits per heavy atom. The van der Waals surface area contributed by atoms with Crippen LogP contribution in [0.4, 0.5) is 10.6 Å². The second-order valence-electron chi connectivity index (χ2n) is 7.84. The Hall–Kier alpha value is -2.62. The first-order chi connectivity index (χ1) is 13.8. The summed E-state index contributed by atoms with van der Waals surface area (Å²) >= 11 is 3.40. The van der Waals surface area contributed by atoms with Crippen LogP contribution < -0.4 is 10.6 Å². The number of nitrogens with two attached hydrogens (primary N) is 1. The van der Waals surface area contributed by atoms with E-state index in [4.69, 9.17) is 10.3 Å². The van der Waals surface area contributed by atoms with Crippen LogP contribution in [0.1, 0.15) is 41.9 Å². The lowest BCUT2D eigenvalue weighted by molar-refractivity contribution is -0.0149. The topological polar surface area (TPSA) is 126 Å². The largest absolute Gasteiger partial charge is 0.465 e. The number of nitrogens with zero attached hydrogens (tertiary/aromatic N) is 4. The molecular formula is C19H22BrN5O4. The minimum Gasteiger partial charge on any atom is -0.465 e. The fourth-order valence-corrected chi connectivity index (χ4v) is 4.59. The number of piperidine rings is 1. The number of aromatic nitrogens is 2. The summed E-state index contributed by atoms with van der Waals surface area (Å²) in [5, 5.41) is 13.2. The van der Waals surface area contributed by atoms with E-state index >= 15 is 0 Å². The number of hydrogen-bond donors (Lipinski definition) is 2. The third-order valence-corrected chi connectivity index (χ3v) is 6.49. The van der Waals surface area contributed by atoms with Gasteiger partial charge in [0.15, 0.2) is 11.5 Å². The molecule has 1 saturated carbocycles. The first-order valence-corrected chi connectivity index (χ1v) is 10.3. The van der Waals surface area contributed by atoms with Crippen molar-refractivity contribution in [1.29, 1.82) is 0 Å². The second-order valence-corrected chi connectivity index (χ2v) is 8.75. The van der Waals surface area contributed by atoms with Crippen molar-refractivity contribution in [1.82, 2.24) is 15.0 Å². The molecule has 2 aliphatic rings. The first-order valence-electron chi connectivity index (χ1n) is 9.47. The summed E-state index contributed by atoms with van der Waals surface area (Å²) in [5.41, 5.74) is 5.36. The summed E-state index contributed by atoms with van der Waals surface area (Å²) in [6, 6.07) is 5.34. The number of rotatable bonds is 5. The number of amides is 2. The highest BCUT2D eigenvalue weighted by Gasteiger charge is 2.49. The summed E-state index contributed by atoms with van der Waals surface area (Å²) in [4.78, 5) is 31.0. The first kappa shape index (κ1) is 19.7. The molecule has 0 atom stereocenters. The molecule has 29 heavy (non-hydrogen) atoms. The standard InChI is InChI=1S/C19H22BrN5O4/c20-12-1-2-16(22-10-12)24-5-3-19(4-6-24)8-13(9-19)25(18(27)28)11-14-7-15(17(21)26)23-29-14/h1-2,7,10,13H,3-6,8-9,11H2,(H2,21,26)(H,27,28). The van der Waals surface area contributed by atoms with Gasteiger partial charge in [-0.1, -0.05) is 5.16 Å². The number of primary amides is 1. The summed E-state index contributed by atoms with van der Waals surface area (Å²) in [5.74, 6) is 0.594. The van der Waals surface area contributed by atoms with Crippen molar-refractivity contribution in [2.24, 2.45) is 11.1 Å². The molecule has 1 aliphatic heterocycles. The minimum absolute atomic E-state index is 0.00402. The lowest BCUT2D eigenvalue weighted by Crippen LogP contribution is -2.56. The summed E-state index contributed by atoms with van der Waals surface area (Å²) < 4.78 is 6.02. The molecule has 9 nitrogen and oxygen atoms in total. The average Bonchev–Trinajstić information content (AvgIpc) is 3.14. The maximum absolute atomic E-state index is 11.8. The Balaban J connectivity index is 1.34. The van der Waals surface area contributed by atoms with E-state index in [9.17, 15) is 14.7 Å². The van der Waals surface area contributed by atoms with Gasteiger partial charge in [0.1, 0.15) is 5.82 Å². The lowest BCUT2D eigenvalue weighted by atomic mass is 9.60. The third kappa shape index (κ3) is 4.07. The van der Waals surface area contributed by atoms with E-state index in [1.54, 1.807) is 6.20 Å². The van der Waals surface area contributed by atoms with Gasteiger partial charge in [0.25, 0.3) is 5.91 Å². The van der Waals surface area contributed by atoms with Crippen molar-refractivity contribution in [3.8, 4) is 0 Å². The molecule has 154 valence electrons. The molecule has 4 rings (SSSR count). The molecule has 1 spiro atoms. The Morgan fingerprint density at radius 3 is 2.62 bits per heavy atom. The Kier molecular flexibility index (Phi) is 5.20. The molecule has 0 radical (unpaired) electrons. The van der Waals surface area contributed by atoms with Gasteiger partial charge in [-0.3, -0.25) is 9.69 Å². The monoisotopic (exact) mass is 463 g/mol. The zero-order chi connectivity index (χ0) is 20.6. The van der Waals surface area contributed by atoms with Gasteiger partial charge in [0.2, 0.25) is 0 Å². The summed E-state index contributed by atoms with van der Waals surface area (Å²) in [6.45, 7) is 1.89. The van der Waals surface area contributed by atoms with Gasteiger partial charge in [0.05, 0.1) is 6.54 Å². The zero-order valence-electron chi connectivity index (χ0n) is 15.8. The van der Waals surface area contributed by atoms with Gasteiger partial charge in [-0.2, -0.15) is 0 Å². The average molecular weight is 464 g/mol. The Bertz CT molecular complexity index is 900. The van der Waals surface area contributed by atoms with Gasteiger partial charge in [-0.05, 0) is 59.2 Å². The molecular weight excluding hydrogens is 442 g/mol. The number of carbonyl (C=O) groups is 2. The second kappa shape index (κ2) is 7.66. The lowest BCUT2D eigenvalue weighted by Gasteiger charge is -2.54. The quantitative estimate of drug-likeness (QED) is 0.697. The van der Waals surface area contributed by atoms with Crippen LogP contribution in [0.5, 0.6) is 0 Å². The summed E-state index contributed by atoms with van der Waals surface area (Å²) in [6.07, 6.45) is 4.50. The van der Waals surface area contributed by atoms with Crippen molar-refractivity contribution >= 4 is 33.7 Å². The molecule has 2 aromatic heterocycles. The maximum atomic E-state index is 11.8. The number of carbonyl (C=O) groups excluding carboxylic acids is 1. The molecule has 3 heterocycles. The molecule has 3 N–H and O–H groups in total. The molecule has 1 aliphatic carbocycles. The molecule has 2 fully saturated rings. The molecule has 1 saturated heterocycles. The van der Waals surface area contributed by atoms with Crippen LogP contribution in [-0.4, -0.2) is 51.3 Å². The van der Waals surface area contributed by atoms with Crippen molar-refractivity contribution in [2.45, 2.75) is 38.3 Å². The number of hydrogen-bond acceptors (Lipinski definition) is 6. The maximum Gasteiger partial charge on any atom is 0.407 e. The summed E-state index contributed by atoms with van der Waals surface area (Å²) in [7, 11) is 0. The Labute approximate surface area is 176 Å². The van der Waals surface area contributed by atoms with Crippen LogP contribution in [0.15, 0.2) is 33.4 Å². The van der Waals surface area contributed by atoms with Crippen LogP contribution in [0.3, 0.4) is 0 Å².